The molecule has 0 saturated carbocycles. The molecule has 0 unspecified atom stereocenters. The first-order valence-corrected chi connectivity index (χ1v) is 7.77. The van der Waals surface area contributed by atoms with Crippen molar-refractivity contribution >= 4 is 16.8 Å². The standard InChI is InChI=1S/C19H20N2O3/c1-23-15-5-3-13(4-6-15)19(22)20-10-9-14-12-21-18-11-16(24-2)7-8-17(14)18/h3-8,11-12,21H,9-10H2,1-2H3,(H,20,22). The molecule has 0 aliphatic heterocycles. The Bertz CT molecular complexity index is 837. The van der Waals surface area contributed by atoms with Crippen LogP contribution in [0.3, 0.4) is 0 Å². The topological polar surface area (TPSA) is 63.3 Å². The van der Waals surface area contributed by atoms with Gasteiger partial charge in [0, 0.05) is 35.3 Å². The lowest BCUT2D eigenvalue weighted by Gasteiger charge is -2.06. The van der Waals surface area contributed by atoms with E-state index in [-0.39, 0.29) is 5.91 Å². The van der Waals surface area contributed by atoms with Crippen LogP contribution in [0.4, 0.5) is 0 Å². The molecule has 2 N–H and O–H groups in total. The van der Waals surface area contributed by atoms with Crippen molar-refractivity contribution in [1.82, 2.24) is 10.3 Å². The summed E-state index contributed by atoms with van der Waals surface area (Å²) < 4.78 is 10.3. The van der Waals surface area contributed by atoms with Crippen molar-refractivity contribution < 1.29 is 14.3 Å². The number of aromatic amines is 1. The molecule has 0 atom stereocenters. The maximum Gasteiger partial charge on any atom is 0.251 e. The van der Waals surface area contributed by atoms with Crippen LogP contribution in [0.1, 0.15) is 15.9 Å². The van der Waals surface area contributed by atoms with Gasteiger partial charge in [0.25, 0.3) is 5.91 Å². The van der Waals surface area contributed by atoms with Gasteiger partial charge in [-0.25, -0.2) is 0 Å². The van der Waals surface area contributed by atoms with Crippen LogP contribution in [0.15, 0.2) is 48.7 Å². The second kappa shape index (κ2) is 7.08. The molecule has 0 aliphatic carbocycles. The summed E-state index contributed by atoms with van der Waals surface area (Å²) in [4.78, 5) is 15.4. The number of hydrogen-bond acceptors (Lipinski definition) is 3. The van der Waals surface area contributed by atoms with E-state index in [1.165, 1.54) is 5.56 Å². The molecule has 0 bridgehead atoms. The molecule has 1 aromatic heterocycles. The van der Waals surface area contributed by atoms with Crippen molar-refractivity contribution in [1.29, 1.82) is 0 Å². The summed E-state index contributed by atoms with van der Waals surface area (Å²) in [6.45, 7) is 0.573. The average molecular weight is 324 g/mol. The molecule has 1 amide bonds. The fourth-order valence-electron chi connectivity index (χ4n) is 2.65. The molecule has 124 valence electrons. The molecule has 0 radical (unpaired) electrons. The number of rotatable bonds is 6. The van der Waals surface area contributed by atoms with Crippen molar-refractivity contribution in [2.24, 2.45) is 0 Å². The van der Waals surface area contributed by atoms with E-state index in [0.717, 1.165) is 28.8 Å². The molecule has 2 aromatic carbocycles. The first-order valence-electron chi connectivity index (χ1n) is 7.77. The van der Waals surface area contributed by atoms with E-state index in [1.807, 2.05) is 24.4 Å². The summed E-state index contributed by atoms with van der Waals surface area (Å²) in [6.07, 6.45) is 2.73. The molecule has 0 spiro atoms. The van der Waals surface area contributed by atoms with Gasteiger partial charge in [0.1, 0.15) is 11.5 Å². The van der Waals surface area contributed by atoms with Crippen LogP contribution in [-0.2, 0) is 6.42 Å². The van der Waals surface area contributed by atoms with Crippen LogP contribution in [0.25, 0.3) is 10.9 Å². The molecule has 3 rings (SSSR count). The van der Waals surface area contributed by atoms with Crippen LogP contribution < -0.4 is 14.8 Å². The highest BCUT2D eigenvalue weighted by Gasteiger charge is 2.07. The summed E-state index contributed by atoms with van der Waals surface area (Å²) in [7, 11) is 3.26. The van der Waals surface area contributed by atoms with Gasteiger partial charge < -0.3 is 19.8 Å². The van der Waals surface area contributed by atoms with E-state index in [2.05, 4.69) is 10.3 Å². The number of carbonyl (C=O) groups excluding carboxylic acids is 1. The second-order valence-corrected chi connectivity index (χ2v) is 5.46. The highest BCUT2D eigenvalue weighted by molar-refractivity contribution is 5.94. The Labute approximate surface area is 140 Å². The number of hydrogen-bond donors (Lipinski definition) is 2. The first kappa shape index (κ1) is 15.9. The van der Waals surface area contributed by atoms with E-state index >= 15 is 0 Å². The Morgan fingerprint density at radius 1 is 1.04 bits per heavy atom. The zero-order chi connectivity index (χ0) is 16.9. The highest BCUT2D eigenvalue weighted by atomic mass is 16.5. The van der Waals surface area contributed by atoms with Crippen LogP contribution in [0, 0.1) is 0 Å². The van der Waals surface area contributed by atoms with Gasteiger partial charge >= 0.3 is 0 Å². The van der Waals surface area contributed by atoms with Crippen molar-refractivity contribution in [2.45, 2.75) is 6.42 Å². The van der Waals surface area contributed by atoms with Gasteiger partial charge in [-0.1, -0.05) is 0 Å². The van der Waals surface area contributed by atoms with Crippen LogP contribution >= 0.6 is 0 Å². The minimum Gasteiger partial charge on any atom is -0.497 e. The van der Waals surface area contributed by atoms with E-state index in [4.69, 9.17) is 9.47 Å². The lowest BCUT2D eigenvalue weighted by Crippen LogP contribution is -2.25. The predicted octanol–water partition coefficient (Wildman–Crippen LogP) is 3.16. The van der Waals surface area contributed by atoms with Gasteiger partial charge in [-0.3, -0.25) is 4.79 Å². The van der Waals surface area contributed by atoms with Crippen LogP contribution in [-0.4, -0.2) is 31.7 Å². The van der Waals surface area contributed by atoms with Crippen LogP contribution in [0.2, 0.25) is 0 Å². The minimum atomic E-state index is -0.0841. The van der Waals surface area contributed by atoms with Crippen molar-refractivity contribution in [3.05, 3.63) is 59.8 Å². The van der Waals surface area contributed by atoms with E-state index < -0.39 is 0 Å². The maximum atomic E-state index is 12.1. The third-order valence-corrected chi connectivity index (χ3v) is 4.01. The Hall–Kier alpha value is -2.95. The lowest BCUT2D eigenvalue weighted by atomic mass is 10.1. The summed E-state index contributed by atoms with van der Waals surface area (Å²) in [6, 6.07) is 13.0. The number of nitrogens with one attached hydrogen (secondary N) is 2. The normalized spacial score (nSPS) is 10.6. The van der Waals surface area contributed by atoms with Crippen molar-refractivity contribution in [3.63, 3.8) is 0 Å². The zero-order valence-electron chi connectivity index (χ0n) is 13.8. The smallest absolute Gasteiger partial charge is 0.251 e. The summed E-state index contributed by atoms with van der Waals surface area (Å²) >= 11 is 0. The van der Waals surface area contributed by atoms with E-state index in [1.54, 1.807) is 38.5 Å². The fourth-order valence-corrected chi connectivity index (χ4v) is 2.65. The Morgan fingerprint density at radius 3 is 2.46 bits per heavy atom. The number of methoxy groups -OCH3 is 2. The molecule has 0 fully saturated rings. The molecule has 5 heteroatoms. The van der Waals surface area contributed by atoms with Gasteiger partial charge in [-0.15, -0.1) is 0 Å². The minimum absolute atomic E-state index is 0.0841. The molecule has 5 nitrogen and oxygen atoms in total. The van der Waals surface area contributed by atoms with Gasteiger partial charge in [0.05, 0.1) is 14.2 Å². The summed E-state index contributed by atoms with van der Waals surface area (Å²) in [5, 5.41) is 4.09. The number of benzene rings is 2. The predicted molar refractivity (Wildman–Crippen MR) is 93.9 cm³/mol. The number of carbonyl (C=O) groups is 1. The summed E-state index contributed by atoms with van der Waals surface area (Å²) in [5.74, 6) is 1.48. The number of aromatic nitrogens is 1. The average Bonchev–Trinajstić information content (AvgIpc) is 3.04. The molecule has 0 saturated heterocycles. The zero-order valence-corrected chi connectivity index (χ0v) is 13.8. The molecule has 1 heterocycles. The largest absolute Gasteiger partial charge is 0.497 e. The van der Waals surface area contributed by atoms with Crippen molar-refractivity contribution in [3.8, 4) is 11.5 Å². The summed E-state index contributed by atoms with van der Waals surface area (Å²) in [5.41, 5.74) is 2.83. The number of fused-ring (bicyclic) bond motifs is 1. The number of amides is 1. The monoisotopic (exact) mass is 324 g/mol. The second-order valence-electron chi connectivity index (χ2n) is 5.46. The Balaban J connectivity index is 1.60. The third kappa shape index (κ3) is 3.35. The van der Waals surface area contributed by atoms with Gasteiger partial charge in [0.2, 0.25) is 0 Å². The Morgan fingerprint density at radius 2 is 1.75 bits per heavy atom. The van der Waals surface area contributed by atoms with Crippen LogP contribution in [0.5, 0.6) is 11.5 Å². The number of ether oxygens (including phenoxy) is 2. The van der Waals surface area contributed by atoms with Crippen molar-refractivity contribution in [2.75, 3.05) is 20.8 Å². The molecular weight excluding hydrogens is 304 g/mol. The van der Waals surface area contributed by atoms with Gasteiger partial charge in [0.15, 0.2) is 0 Å². The fraction of sp³-hybridized carbons (Fsp3) is 0.211. The molecule has 3 aromatic rings. The number of H-pyrrole nitrogens is 1. The third-order valence-electron chi connectivity index (χ3n) is 4.01. The highest BCUT2D eigenvalue weighted by Crippen LogP contribution is 2.23. The maximum absolute atomic E-state index is 12.1. The SMILES string of the molecule is COc1ccc(C(=O)NCCc2c[nH]c3cc(OC)ccc23)cc1. The Kier molecular flexibility index (Phi) is 4.70. The van der Waals surface area contributed by atoms with E-state index in [0.29, 0.717) is 12.1 Å². The molecular formula is C19H20N2O3. The van der Waals surface area contributed by atoms with Gasteiger partial charge in [-0.2, -0.15) is 0 Å². The van der Waals surface area contributed by atoms with E-state index in [9.17, 15) is 4.79 Å². The molecule has 0 aliphatic rings. The van der Waals surface area contributed by atoms with Gasteiger partial charge in [-0.05, 0) is 48.4 Å². The first-order chi connectivity index (χ1) is 11.7. The lowest BCUT2D eigenvalue weighted by molar-refractivity contribution is 0.0954. The quantitative estimate of drug-likeness (QED) is 0.732. The molecule has 24 heavy (non-hydrogen) atoms.